The fourth-order valence-corrected chi connectivity index (χ4v) is 3.02. The molecule has 1 saturated heterocycles. The van der Waals surface area contributed by atoms with E-state index in [0.717, 1.165) is 5.56 Å². The third-order valence-electron chi connectivity index (χ3n) is 4.42. The van der Waals surface area contributed by atoms with E-state index in [1.54, 1.807) is 24.3 Å². The Labute approximate surface area is 168 Å². The topological polar surface area (TPSA) is 78.5 Å². The van der Waals surface area contributed by atoms with Gasteiger partial charge in [-0.1, -0.05) is 11.8 Å². The molecule has 148 valence electrons. The van der Waals surface area contributed by atoms with Crippen molar-refractivity contribution in [2.45, 2.75) is 13.3 Å². The zero-order valence-electron chi connectivity index (χ0n) is 15.9. The highest BCUT2D eigenvalue weighted by Gasteiger charge is 2.34. The molecule has 0 spiro atoms. The van der Waals surface area contributed by atoms with Gasteiger partial charge < -0.3 is 15.5 Å². The summed E-state index contributed by atoms with van der Waals surface area (Å²) in [7, 11) is 0. The van der Waals surface area contributed by atoms with E-state index in [0.29, 0.717) is 11.4 Å². The Morgan fingerprint density at radius 3 is 2.48 bits per heavy atom. The van der Waals surface area contributed by atoms with E-state index < -0.39 is 5.92 Å². The molecule has 1 unspecified atom stereocenters. The highest BCUT2D eigenvalue weighted by atomic mass is 19.1. The number of carbonyl (C=O) groups is 3. The van der Waals surface area contributed by atoms with Crippen molar-refractivity contribution in [2.24, 2.45) is 5.92 Å². The molecule has 0 bridgehead atoms. The van der Waals surface area contributed by atoms with Crippen LogP contribution in [0.15, 0.2) is 48.5 Å². The van der Waals surface area contributed by atoms with Crippen LogP contribution in [-0.2, 0) is 14.4 Å². The number of carbonyl (C=O) groups excluding carboxylic acids is 3. The average Bonchev–Trinajstić information content (AvgIpc) is 3.08. The quantitative estimate of drug-likeness (QED) is 0.783. The van der Waals surface area contributed by atoms with Crippen LogP contribution in [0, 0.1) is 23.6 Å². The van der Waals surface area contributed by atoms with E-state index in [1.807, 2.05) is 0 Å². The van der Waals surface area contributed by atoms with Gasteiger partial charge in [0.15, 0.2) is 0 Å². The number of nitrogens with one attached hydrogen (secondary N) is 2. The predicted molar refractivity (Wildman–Crippen MR) is 107 cm³/mol. The first kappa shape index (κ1) is 20.1. The van der Waals surface area contributed by atoms with Gasteiger partial charge in [0.1, 0.15) is 5.82 Å². The Morgan fingerprint density at radius 2 is 1.83 bits per heavy atom. The molecule has 0 aromatic heterocycles. The van der Waals surface area contributed by atoms with Crippen LogP contribution in [0.1, 0.15) is 18.9 Å². The molecular formula is C22H20FN3O3. The largest absolute Gasteiger partial charge is 0.345 e. The zero-order valence-corrected chi connectivity index (χ0v) is 15.9. The van der Waals surface area contributed by atoms with E-state index in [-0.39, 0.29) is 43.0 Å². The van der Waals surface area contributed by atoms with E-state index >= 15 is 0 Å². The van der Waals surface area contributed by atoms with Crippen LogP contribution in [0.25, 0.3) is 0 Å². The van der Waals surface area contributed by atoms with Gasteiger partial charge in [-0.15, -0.1) is 0 Å². The van der Waals surface area contributed by atoms with Crippen molar-refractivity contribution in [3.63, 3.8) is 0 Å². The lowest BCUT2D eigenvalue weighted by Gasteiger charge is -2.16. The van der Waals surface area contributed by atoms with Gasteiger partial charge in [0, 0.05) is 36.8 Å². The van der Waals surface area contributed by atoms with Crippen LogP contribution < -0.4 is 15.5 Å². The minimum absolute atomic E-state index is 0.112. The van der Waals surface area contributed by atoms with Crippen molar-refractivity contribution in [2.75, 3.05) is 23.3 Å². The van der Waals surface area contributed by atoms with Crippen LogP contribution in [0.2, 0.25) is 0 Å². The fraction of sp³-hybridized carbons (Fsp3) is 0.227. The van der Waals surface area contributed by atoms with E-state index in [1.165, 1.54) is 36.1 Å². The molecule has 7 heteroatoms. The summed E-state index contributed by atoms with van der Waals surface area (Å²) in [5.41, 5.74) is 2.02. The molecule has 2 N–H and O–H groups in total. The van der Waals surface area contributed by atoms with E-state index in [4.69, 9.17) is 0 Å². The molecule has 1 fully saturated rings. The summed E-state index contributed by atoms with van der Waals surface area (Å²) in [6, 6.07) is 12.7. The van der Waals surface area contributed by atoms with Gasteiger partial charge in [-0.2, -0.15) is 0 Å². The molecule has 0 saturated carbocycles. The number of hydrogen-bond acceptors (Lipinski definition) is 3. The lowest BCUT2D eigenvalue weighted by molar-refractivity contribution is -0.126. The summed E-state index contributed by atoms with van der Waals surface area (Å²) in [5, 5.41) is 5.40. The monoisotopic (exact) mass is 393 g/mol. The smallest absolute Gasteiger partial charge is 0.227 e. The van der Waals surface area contributed by atoms with Crippen molar-refractivity contribution in [3.8, 4) is 11.8 Å². The third kappa shape index (κ3) is 5.42. The molecule has 1 heterocycles. The second-order valence-corrected chi connectivity index (χ2v) is 6.66. The molecule has 2 aromatic rings. The van der Waals surface area contributed by atoms with Crippen molar-refractivity contribution < 1.29 is 18.8 Å². The van der Waals surface area contributed by atoms with Gasteiger partial charge in [-0.25, -0.2) is 4.39 Å². The molecule has 1 aliphatic rings. The molecule has 1 aliphatic heterocycles. The molecule has 0 aliphatic carbocycles. The Bertz CT molecular complexity index is 975. The molecule has 3 rings (SSSR count). The minimum Gasteiger partial charge on any atom is -0.345 e. The highest BCUT2D eigenvalue weighted by Crippen LogP contribution is 2.25. The van der Waals surface area contributed by atoms with Gasteiger partial charge in [0.05, 0.1) is 12.5 Å². The van der Waals surface area contributed by atoms with Crippen molar-refractivity contribution in [1.82, 2.24) is 5.32 Å². The second kappa shape index (κ2) is 9.02. The summed E-state index contributed by atoms with van der Waals surface area (Å²) >= 11 is 0. The highest BCUT2D eigenvalue weighted by molar-refractivity contribution is 6.00. The van der Waals surface area contributed by atoms with Crippen LogP contribution >= 0.6 is 0 Å². The van der Waals surface area contributed by atoms with Crippen molar-refractivity contribution in [3.05, 3.63) is 59.9 Å². The first-order chi connectivity index (χ1) is 13.9. The zero-order chi connectivity index (χ0) is 20.8. The first-order valence-electron chi connectivity index (χ1n) is 9.12. The number of hydrogen-bond donors (Lipinski definition) is 2. The van der Waals surface area contributed by atoms with Gasteiger partial charge in [-0.05, 0) is 48.5 Å². The number of benzene rings is 2. The maximum atomic E-state index is 13.0. The Balaban J connectivity index is 1.50. The summed E-state index contributed by atoms with van der Waals surface area (Å²) in [6.07, 6.45) is 0.112. The average molecular weight is 393 g/mol. The standard InChI is InChI=1S/C22H20FN3O3/c1-15(27)25-19-8-4-16(5-9-19)3-2-12-24-22(29)17-13-21(28)26(14-17)20-10-6-18(23)7-11-20/h4-11,17H,12-14H2,1H3,(H,24,29)(H,25,27). The third-order valence-corrected chi connectivity index (χ3v) is 4.42. The number of rotatable bonds is 4. The minimum atomic E-state index is -0.466. The fourth-order valence-electron chi connectivity index (χ4n) is 3.02. The SMILES string of the molecule is CC(=O)Nc1ccc(C#CCNC(=O)C2CC(=O)N(c3ccc(F)cc3)C2)cc1. The summed E-state index contributed by atoms with van der Waals surface area (Å²) in [4.78, 5) is 37.0. The second-order valence-electron chi connectivity index (χ2n) is 6.66. The maximum absolute atomic E-state index is 13.0. The number of nitrogens with zero attached hydrogens (tertiary/aromatic N) is 1. The summed E-state index contributed by atoms with van der Waals surface area (Å²) < 4.78 is 13.0. The van der Waals surface area contributed by atoms with Crippen LogP contribution in [0.5, 0.6) is 0 Å². The Kier molecular flexibility index (Phi) is 6.25. The normalized spacial score (nSPS) is 15.4. The lowest BCUT2D eigenvalue weighted by atomic mass is 10.1. The Morgan fingerprint density at radius 1 is 1.14 bits per heavy atom. The Hall–Kier alpha value is -3.66. The van der Waals surface area contributed by atoms with Crippen molar-refractivity contribution >= 4 is 29.1 Å². The first-order valence-corrected chi connectivity index (χ1v) is 9.12. The van der Waals surface area contributed by atoms with Crippen LogP contribution in [0.4, 0.5) is 15.8 Å². The molecule has 1 atom stereocenters. The van der Waals surface area contributed by atoms with Gasteiger partial charge in [0.2, 0.25) is 17.7 Å². The molecule has 6 nitrogen and oxygen atoms in total. The summed E-state index contributed by atoms with van der Waals surface area (Å²) in [5.74, 6) is 4.41. The van der Waals surface area contributed by atoms with E-state index in [2.05, 4.69) is 22.5 Å². The summed E-state index contributed by atoms with van der Waals surface area (Å²) in [6.45, 7) is 1.86. The number of anilines is 2. The predicted octanol–water partition coefficient (Wildman–Crippen LogP) is 2.30. The number of halogens is 1. The maximum Gasteiger partial charge on any atom is 0.227 e. The van der Waals surface area contributed by atoms with Gasteiger partial charge in [0.25, 0.3) is 0 Å². The van der Waals surface area contributed by atoms with Crippen LogP contribution in [-0.4, -0.2) is 30.8 Å². The van der Waals surface area contributed by atoms with Crippen molar-refractivity contribution in [1.29, 1.82) is 0 Å². The molecular weight excluding hydrogens is 373 g/mol. The van der Waals surface area contributed by atoms with Crippen LogP contribution in [0.3, 0.4) is 0 Å². The molecule has 29 heavy (non-hydrogen) atoms. The van der Waals surface area contributed by atoms with E-state index in [9.17, 15) is 18.8 Å². The van der Waals surface area contributed by atoms with Gasteiger partial charge >= 0.3 is 0 Å². The molecule has 2 aromatic carbocycles. The number of amides is 3. The molecule has 0 radical (unpaired) electrons. The van der Waals surface area contributed by atoms with Gasteiger partial charge in [-0.3, -0.25) is 14.4 Å². The lowest BCUT2D eigenvalue weighted by Crippen LogP contribution is -2.33. The molecule has 3 amide bonds.